The third kappa shape index (κ3) is 12.0. The molecule has 5 heteroatoms. The molecule has 1 fully saturated rings. The van der Waals surface area contributed by atoms with Crippen LogP contribution in [0.1, 0.15) is 105 Å². The van der Waals surface area contributed by atoms with E-state index in [4.69, 9.17) is 23.7 Å². The molecule has 0 aromatic carbocycles. The van der Waals surface area contributed by atoms with Crippen LogP contribution >= 0.6 is 0 Å². The van der Waals surface area contributed by atoms with Crippen LogP contribution in [-0.2, 0) is 23.7 Å². The molecule has 0 amide bonds. The first kappa shape index (κ1) is 27.8. The molecule has 1 aliphatic rings. The maximum Gasteiger partial charge on any atom is 0.186 e. The minimum Gasteiger partial charge on any atom is -0.379 e. The summed E-state index contributed by atoms with van der Waals surface area (Å²) < 4.78 is 31.0. The molecule has 0 bridgehead atoms. The van der Waals surface area contributed by atoms with Crippen LogP contribution in [-0.4, -0.2) is 57.6 Å². The van der Waals surface area contributed by atoms with Crippen LogP contribution in [0.25, 0.3) is 0 Å². The SMILES string of the molecule is CCCCCOC[C@@H]1OC(OCCCCC)[C@@H](OCCCCC)[C@@H]1OCCCCC. The van der Waals surface area contributed by atoms with Crippen molar-refractivity contribution in [1.82, 2.24) is 0 Å². The first-order valence-electron chi connectivity index (χ1n) is 12.9. The lowest BCUT2D eigenvalue weighted by molar-refractivity contribution is -0.182. The van der Waals surface area contributed by atoms with Crippen molar-refractivity contribution in [1.29, 1.82) is 0 Å². The Bertz CT molecular complexity index is 365. The molecule has 1 saturated heterocycles. The third-order valence-electron chi connectivity index (χ3n) is 5.59. The van der Waals surface area contributed by atoms with Gasteiger partial charge in [0.1, 0.15) is 18.3 Å². The third-order valence-corrected chi connectivity index (χ3v) is 5.59. The quantitative estimate of drug-likeness (QED) is 0.201. The second kappa shape index (κ2) is 19.5. The fraction of sp³-hybridized carbons (Fsp3) is 1.00. The highest BCUT2D eigenvalue weighted by Gasteiger charge is 2.47. The average Bonchev–Trinajstić information content (AvgIpc) is 3.08. The second-order valence-electron chi connectivity index (χ2n) is 8.49. The molecule has 0 aliphatic carbocycles. The zero-order chi connectivity index (χ0) is 21.9. The molecule has 0 aromatic rings. The number of hydrogen-bond donors (Lipinski definition) is 0. The van der Waals surface area contributed by atoms with Crippen molar-refractivity contribution < 1.29 is 23.7 Å². The fourth-order valence-electron chi connectivity index (χ4n) is 3.69. The highest BCUT2D eigenvalue weighted by atomic mass is 16.7. The maximum atomic E-state index is 6.31. The van der Waals surface area contributed by atoms with Crippen molar-refractivity contribution in [3.05, 3.63) is 0 Å². The lowest BCUT2D eigenvalue weighted by atomic mass is 10.1. The van der Waals surface area contributed by atoms with Gasteiger partial charge < -0.3 is 23.7 Å². The molecule has 1 rings (SSSR count). The van der Waals surface area contributed by atoms with Gasteiger partial charge >= 0.3 is 0 Å². The zero-order valence-corrected chi connectivity index (χ0v) is 20.4. The molecule has 1 unspecified atom stereocenters. The van der Waals surface area contributed by atoms with Crippen LogP contribution in [0.5, 0.6) is 0 Å². The predicted molar refractivity (Wildman–Crippen MR) is 123 cm³/mol. The van der Waals surface area contributed by atoms with E-state index in [1.165, 1.54) is 51.4 Å². The van der Waals surface area contributed by atoms with Crippen LogP contribution in [0.15, 0.2) is 0 Å². The Balaban J connectivity index is 2.66. The van der Waals surface area contributed by atoms with Crippen molar-refractivity contribution in [2.45, 2.75) is 129 Å². The van der Waals surface area contributed by atoms with E-state index in [0.717, 1.165) is 45.5 Å². The van der Waals surface area contributed by atoms with Crippen molar-refractivity contribution in [3.8, 4) is 0 Å². The Morgan fingerprint density at radius 3 is 1.53 bits per heavy atom. The number of hydrogen-bond acceptors (Lipinski definition) is 5. The second-order valence-corrected chi connectivity index (χ2v) is 8.49. The highest BCUT2D eigenvalue weighted by Crippen LogP contribution is 2.29. The van der Waals surface area contributed by atoms with Gasteiger partial charge in [0.05, 0.1) is 6.61 Å². The summed E-state index contributed by atoms with van der Waals surface area (Å²) in [5, 5.41) is 0. The Hall–Kier alpha value is -0.200. The normalized spacial score (nSPS) is 24.0. The number of ether oxygens (including phenoxy) is 5. The molecule has 30 heavy (non-hydrogen) atoms. The number of rotatable bonds is 21. The van der Waals surface area contributed by atoms with Crippen LogP contribution in [0.2, 0.25) is 0 Å². The summed E-state index contributed by atoms with van der Waals surface area (Å²) in [4.78, 5) is 0. The van der Waals surface area contributed by atoms with Crippen LogP contribution in [0.3, 0.4) is 0 Å². The van der Waals surface area contributed by atoms with Crippen LogP contribution in [0, 0.1) is 0 Å². The fourth-order valence-corrected chi connectivity index (χ4v) is 3.69. The molecule has 180 valence electrons. The van der Waals surface area contributed by atoms with E-state index >= 15 is 0 Å². The summed E-state index contributed by atoms with van der Waals surface area (Å²) in [6, 6.07) is 0. The predicted octanol–water partition coefficient (Wildman–Crippen LogP) is 6.28. The van der Waals surface area contributed by atoms with Gasteiger partial charge in [-0.15, -0.1) is 0 Å². The van der Waals surface area contributed by atoms with Crippen molar-refractivity contribution in [3.63, 3.8) is 0 Å². The molecule has 5 nitrogen and oxygen atoms in total. The molecule has 4 atom stereocenters. The Morgan fingerprint density at radius 2 is 1.00 bits per heavy atom. The summed E-state index contributed by atoms with van der Waals surface area (Å²) in [5.74, 6) is 0. The van der Waals surface area contributed by atoms with Gasteiger partial charge in [-0.3, -0.25) is 0 Å². The first-order chi connectivity index (χ1) is 14.8. The summed E-state index contributed by atoms with van der Waals surface area (Å²) >= 11 is 0. The maximum absolute atomic E-state index is 6.31. The van der Waals surface area contributed by atoms with Gasteiger partial charge in [0.2, 0.25) is 0 Å². The van der Waals surface area contributed by atoms with Gasteiger partial charge in [-0.05, 0) is 25.7 Å². The van der Waals surface area contributed by atoms with Crippen molar-refractivity contribution >= 4 is 0 Å². The molecule has 0 spiro atoms. The van der Waals surface area contributed by atoms with Gasteiger partial charge in [-0.1, -0.05) is 79.1 Å². The molecule has 1 aliphatic heterocycles. The molecule has 0 N–H and O–H groups in total. The topological polar surface area (TPSA) is 46.2 Å². The standard InChI is InChI=1S/C25H50O5/c1-5-9-13-17-26-21-22-23(27-18-14-10-6-2)24(28-19-15-11-7-3)25(30-22)29-20-16-12-8-4/h22-25H,5-21H2,1-4H3/t22-,23+,24-,25?/m0/s1. The molecule has 0 aromatic heterocycles. The number of unbranched alkanes of at least 4 members (excludes halogenated alkanes) is 8. The van der Waals surface area contributed by atoms with Crippen LogP contribution in [0.4, 0.5) is 0 Å². The minimum atomic E-state index is -0.358. The Morgan fingerprint density at radius 1 is 0.533 bits per heavy atom. The van der Waals surface area contributed by atoms with Crippen molar-refractivity contribution in [2.24, 2.45) is 0 Å². The van der Waals surface area contributed by atoms with Gasteiger partial charge in [0.25, 0.3) is 0 Å². The lowest BCUT2D eigenvalue weighted by Gasteiger charge is -2.25. The first-order valence-corrected chi connectivity index (χ1v) is 12.9. The summed E-state index contributed by atoms with van der Waals surface area (Å²) in [6.07, 6.45) is 13.0. The molecular weight excluding hydrogens is 380 g/mol. The van der Waals surface area contributed by atoms with Gasteiger partial charge in [0.15, 0.2) is 6.29 Å². The van der Waals surface area contributed by atoms with Crippen molar-refractivity contribution in [2.75, 3.05) is 33.0 Å². The van der Waals surface area contributed by atoms with Gasteiger partial charge in [0, 0.05) is 26.4 Å². The molecular formula is C25H50O5. The van der Waals surface area contributed by atoms with E-state index in [1.807, 2.05) is 0 Å². The lowest BCUT2D eigenvalue weighted by Crippen LogP contribution is -2.40. The van der Waals surface area contributed by atoms with E-state index in [9.17, 15) is 0 Å². The average molecular weight is 431 g/mol. The van der Waals surface area contributed by atoms with E-state index in [2.05, 4.69) is 27.7 Å². The largest absolute Gasteiger partial charge is 0.379 e. The highest BCUT2D eigenvalue weighted by molar-refractivity contribution is 4.90. The van der Waals surface area contributed by atoms with E-state index in [0.29, 0.717) is 13.2 Å². The Labute approximate surface area is 186 Å². The molecule has 0 radical (unpaired) electrons. The van der Waals surface area contributed by atoms with E-state index in [1.54, 1.807) is 0 Å². The minimum absolute atomic E-state index is 0.120. The van der Waals surface area contributed by atoms with Crippen LogP contribution < -0.4 is 0 Å². The summed E-state index contributed by atoms with van der Waals surface area (Å²) in [6.45, 7) is 12.3. The smallest absolute Gasteiger partial charge is 0.186 e. The van der Waals surface area contributed by atoms with E-state index < -0.39 is 0 Å². The van der Waals surface area contributed by atoms with Gasteiger partial charge in [-0.25, -0.2) is 0 Å². The summed E-state index contributed by atoms with van der Waals surface area (Å²) in [7, 11) is 0. The zero-order valence-electron chi connectivity index (χ0n) is 20.4. The Kier molecular flexibility index (Phi) is 18.1. The molecule has 1 heterocycles. The van der Waals surface area contributed by atoms with E-state index in [-0.39, 0.29) is 24.6 Å². The molecule has 0 saturated carbocycles. The summed E-state index contributed by atoms with van der Waals surface area (Å²) in [5.41, 5.74) is 0. The monoisotopic (exact) mass is 430 g/mol. The van der Waals surface area contributed by atoms with Gasteiger partial charge in [-0.2, -0.15) is 0 Å².